The molecule has 0 aromatic heterocycles. The SMILES string of the molecule is CCC1(CC)C[C@H](NC(=O)[C@@H](C)N(c2ccc(C)c(Cl)c2)S(C)(=O)=O)c2ccccc2O1. The molecule has 1 amide bonds. The number of carbonyl (C=O) groups excluding carboxylic acids is 1. The molecule has 2 aromatic rings. The smallest absolute Gasteiger partial charge is 0.244 e. The Labute approximate surface area is 196 Å². The predicted octanol–water partition coefficient (Wildman–Crippen LogP) is 5.00. The van der Waals surface area contributed by atoms with Gasteiger partial charge in [-0.3, -0.25) is 9.10 Å². The molecule has 1 aliphatic rings. The van der Waals surface area contributed by atoms with Crippen LogP contribution >= 0.6 is 11.6 Å². The van der Waals surface area contributed by atoms with Crippen molar-refractivity contribution in [1.82, 2.24) is 5.32 Å². The van der Waals surface area contributed by atoms with Crippen LogP contribution in [0.5, 0.6) is 5.75 Å². The molecule has 0 bridgehead atoms. The Hall–Kier alpha value is -2.25. The van der Waals surface area contributed by atoms with Crippen LogP contribution in [0.15, 0.2) is 42.5 Å². The number of para-hydroxylation sites is 1. The fraction of sp³-hybridized carbons (Fsp3) is 0.458. The number of halogens is 1. The van der Waals surface area contributed by atoms with E-state index in [1.165, 1.54) is 0 Å². The molecule has 0 saturated heterocycles. The lowest BCUT2D eigenvalue weighted by atomic mass is 9.83. The van der Waals surface area contributed by atoms with Gasteiger partial charge in [0.05, 0.1) is 18.0 Å². The maximum atomic E-state index is 13.3. The van der Waals surface area contributed by atoms with E-state index in [9.17, 15) is 13.2 Å². The lowest BCUT2D eigenvalue weighted by molar-refractivity contribution is -0.123. The van der Waals surface area contributed by atoms with Gasteiger partial charge >= 0.3 is 0 Å². The summed E-state index contributed by atoms with van der Waals surface area (Å²) in [5.41, 5.74) is 1.70. The molecule has 0 radical (unpaired) electrons. The van der Waals surface area contributed by atoms with Crippen LogP contribution < -0.4 is 14.4 Å². The van der Waals surface area contributed by atoms with Crippen molar-refractivity contribution in [3.05, 3.63) is 58.6 Å². The number of hydrogen-bond donors (Lipinski definition) is 1. The second kappa shape index (κ2) is 9.32. The Bertz CT molecular complexity index is 1100. The van der Waals surface area contributed by atoms with Crippen molar-refractivity contribution in [2.24, 2.45) is 0 Å². The summed E-state index contributed by atoms with van der Waals surface area (Å²) >= 11 is 6.23. The number of nitrogens with one attached hydrogen (secondary N) is 1. The average molecular weight is 479 g/mol. The lowest BCUT2D eigenvalue weighted by Gasteiger charge is -2.42. The molecule has 174 valence electrons. The van der Waals surface area contributed by atoms with E-state index in [2.05, 4.69) is 19.2 Å². The van der Waals surface area contributed by atoms with E-state index < -0.39 is 16.1 Å². The maximum Gasteiger partial charge on any atom is 0.244 e. The molecular weight excluding hydrogens is 448 g/mol. The van der Waals surface area contributed by atoms with Crippen molar-refractivity contribution in [3.8, 4) is 5.75 Å². The molecule has 6 nitrogen and oxygen atoms in total. The standard InChI is InChI=1S/C24H31ClN2O4S/c1-6-24(7-2)15-21(19-10-8-9-11-22(19)31-24)26-23(28)17(4)27(32(5,29)30)18-13-12-16(3)20(25)14-18/h8-14,17,21H,6-7,15H2,1-5H3,(H,26,28)/t17-,21+/m1/s1. The Morgan fingerprint density at radius 3 is 2.50 bits per heavy atom. The van der Waals surface area contributed by atoms with Gasteiger partial charge in [-0.1, -0.05) is 49.7 Å². The van der Waals surface area contributed by atoms with Crippen molar-refractivity contribution in [2.75, 3.05) is 10.6 Å². The van der Waals surface area contributed by atoms with E-state index in [1.54, 1.807) is 25.1 Å². The molecular formula is C24H31ClN2O4S. The number of ether oxygens (including phenoxy) is 1. The highest BCUT2D eigenvalue weighted by atomic mass is 35.5. The first-order chi connectivity index (χ1) is 15.0. The number of carbonyl (C=O) groups is 1. The number of sulfonamides is 1. The molecule has 2 aromatic carbocycles. The number of anilines is 1. The molecule has 3 rings (SSSR count). The van der Waals surface area contributed by atoms with E-state index in [-0.39, 0.29) is 17.6 Å². The van der Waals surface area contributed by atoms with Gasteiger partial charge in [-0.05, 0) is 50.5 Å². The summed E-state index contributed by atoms with van der Waals surface area (Å²) < 4.78 is 32.7. The van der Waals surface area contributed by atoms with Crippen molar-refractivity contribution >= 4 is 33.2 Å². The zero-order valence-electron chi connectivity index (χ0n) is 19.2. The van der Waals surface area contributed by atoms with Crippen LogP contribution in [-0.4, -0.2) is 32.2 Å². The quantitative estimate of drug-likeness (QED) is 0.607. The first-order valence-corrected chi connectivity index (χ1v) is 13.1. The highest BCUT2D eigenvalue weighted by molar-refractivity contribution is 7.92. The minimum Gasteiger partial charge on any atom is -0.487 e. The van der Waals surface area contributed by atoms with Gasteiger partial charge in [-0.25, -0.2) is 8.42 Å². The fourth-order valence-electron chi connectivity index (χ4n) is 4.25. The van der Waals surface area contributed by atoms with Crippen LogP contribution in [0.1, 0.15) is 57.2 Å². The van der Waals surface area contributed by atoms with Crippen molar-refractivity contribution in [3.63, 3.8) is 0 Å². The van der Waals surface area contributed by atoms with Gasteiger partial charge in [0.25, 0.3) is 0 Å². The molecule has 2 atom stereocenters. The second-order valence-corrected chi connectivity index (χ2v) is 10.7. The Kier molecular flexibility index (Phi) is 7.10. The first-order valence-electron chi connectivity index (χ1n) is 10.8. The third-order valence-corrected chi connectivity index (χ3v) is 7.95. The fourth-order valence-corrected chi connectivity index (χ4v) is 5.59. The van der Waals surface area contributed by atoms with Gasteiger partial charge in [0.15, 0.2) is 0 Å². The van der Waals surface area contributed by atoms with Crippen LogP contribution in [0, 0.1) is 6.92 Å². The number of amides is 1. The van der Waals surface area contributed by atoms with Crippen molar-refractivity contribution in [1.29, 1.82) is 0 Å². The number of fused-ring (bicyclic) bond motifs is 1. The topological polar surface area (TPSA) is 75.7 Å². The van der Waals surface area contributed by atoms with Gasteiger partial charge in [0.2, 0.25) is 15.9 Å². The second-order valence-electron chi connectivity index (χ2n) is 8.46. The van der Waals surface area contributed by atoms with Crippen LogP contribution in [-0.2, 0) is 14.8 Å². The number of hydrogen-bond acceptors (Lipinski definition) is 4. The minimum atomic E-state index is -3.74. The average Bonchev–Trinajstić information content (AvgIpc) is 2.75. The molecule has 0 aliphatic carbocycles. The van der Waals surface area contributed by atoms with E-state index in [1.807, 2.05) is 31.2 Å². The third-order valence-electron chi connectivity index (χ3n) is 6.30. The summed E-state index contributed by atoms with van der Waals surface area (Å²) in [6, 6.07) is 11.4. The van der Waals surface area contributed by atoms with Gasteiger partial charge in [-0.15, -0.1) is 0 Å². The predicted molar refractivity (Wildman–Crippen MR) is 129 cm³/mol. The molecule has 8 heteroatoms. The number of aryl methyl sites for hydroxylation is 1. The number of rotatable bonds is 7. The molecule has 0 unspecified atom stereocenters. The van der Waals surface area contributed by atoms with E-state index in [0.717, 1.165) is 40.3 Å². The molecule has 32 heavy (non-hydrogen) atoms. The third kappa shape index (κ3) is 4.89. The zero-order valence-corrected chi connectivity index (χ0v) is 20.8. The number of nitrogens with zero attached hydrogens (tertiary/aromatic N) is 1. The lowest BCUT2D eigenvalue weighted by Crippen LogP contribution is -2.51. The van der Waals surface area contributed by atoms with Gasteiger partial charge in [0, 0.05) is 17.0 Å². The van der Waals surface area contributed by atoms with E-state index in [0.29, 0.717) is 17.1 Å². The highest BCUT2D eigenvalue weighted by Crippen LogP contribution is 2.42. The summed E-state index contributed by atoms with van der Waals surface area (Å²) in [4.78, 5) is 13.3. The summed E-state index contributed by atoms with van der Waals surface area (Å²) in [5.74, 6) is 0.376. The normalized spacial score (nSPS) is 18.2. The Balaban J connectivity index is 1.92. The van der Waals surface area contributed by atoms with Crippen LogP contribution in [0.4, 0.5) is 5.69 Å². The summed E-state index contributed by atoms with van der Waals surface area (Å²) in [7, 11) is -3.74. The zero-order chi connectivity index (χ0) is 23.7. The maximum absolute atomic E-state index is 13.3. The van der Waals surface area contributed by atoms with E-state index in [4.69, 9.17) is 16.3 Å². The Morgan fingerprint density at radius 1 is 1.25 bits per heavy atom. The molecule has 0 saturated carbocycles. The van der Waals surface area contributed by atoms with Crippen molar-refractivity contribution in [2.45, 2.75) is 64.6 Å². The van der Waals surface area contributed by atoms with Crippen LogP contribution in [0.2, 0.25) is 5.02 Å². The molecule has 0 fully saturated rings. The first kappa shape index (κ1) is 24.4. The number of benzene rings is 2. The largest absolute Gasteiger partial charge is 0.487 e. The van der Waals surface area contributed by atoms with Crippen LogP contribution in [0.3, 0.4) is 0 Å². The van der Waals surface area contributed by atoms with Crippen LogP contribution in [0.25, 0.3) is 0 Å². The van der Waals surface area contributed by atoms with Gasteiger partial charge in [0.1, 0.15) is 17.4 Å². The molecule has 1 aliphatic heterocycles. The van der Waals surface area contributed by atoms with Crippen molar-refractivity contribution < 1.29 is 17.9 Å². The summed E-state index contributed by atoms with van der Waals surface area (Å²) in [5, 5.41) is 3.53. The molecule has 1 heterocycles. The van der Waals surface area contributed by atoms with E-state index >= 15 is 0 Å². The minimum absolute atomic E-state index is 0.280. The Morgan fingerprint density at radius 2 is 1.91 bits per heavy atom. The highest BCUT2D eigenvalue weighted by Gasteiger charge is 2.40. The monoisotopic (exact) mass is 478 g/mol. The summed E-state index contributed by atoms with van der Waals surface area (Å²) in [6.07, 6.45) is 3.31. The molecule has 0 spiro atoms. The van der Waals surface area contributed by atoms with Gasteiger partial charge < -0.3 is 10.1 Å². The summed E-state index contributed by atoms with van der Waals surface area (Å²) in [6.45, 7) is 7.57. The molecule has 1 N–H and O–H groups in total. The van der Waals surface area contributed by atoms with Gasteiger partial charge in [-0.2, -0.15) is 0 Å².